The number of ether oxygens (including phenoxy) is 1. The number of amides is 1. The molecule has 0 radical (unpaired) electrons. The molecule has 1 amide bonds. The van der Waals surface area contributed by atoms with E-state index in [0.717, 1.165) is 28.2 Å². The Kier molecular flexibility index (Phi) is 5.92. The van der Waals surface area contributed by atoms with Gasteiger partial charge < -0.3 is 10.1 Å². The smallest absolute Gasteiger partial charge is 0.406 e. The molecule has 1 aliphatic rings. The van der Waals surface area contributed by atoms with Crippen molar-refractivity contribution in [1.82, 2.24) is 20.0 Å². The van der Waals surface area contributed by atoms with Crippen LogP contribution in [0.1, 0.15) is 28.6 Å². The minimum Gasteiger partial charge on any atom is -0.406 e. The third kappa shape index (κ3) is 4.62. The van der Waals surface area contributed by atoms with Gasteiger partial charge in [0.2, 0.25) is 5.91 Å². The number of nitrogens with one attached hydrogen (secondary N) is 1. The van der Waals surface area contributed by atoms with Gasteiger partial charge in [0.15, 0.2) is 0 Å². The quantitative estimate of drug-likeness (QED) is 0.645. The highest BCUT2D eigenvalue weighted by Gasteiger charge is 2.35. The van der Waals surface area contributed by atoms with E-state index in [9.17, 15) is 18.0 Å². The minimum atomic E-state index is -4.73. The van der Waals surface area contributed by atoms with Crippen LogP contribution in [0.15, 0.2) is 54.6 Å². The molecule has 32 heavy (non-hydrogen) atoms. The topological polar surface area (TPSA) is 59.4 Å². The monoisotopic (exact) mass is 444 g/mol. The number of hydrogen-bond donors (Lipinski definition) is 1. The Bertz CT molecular complexity index is 1090. The first kappa shape index (κ1) is 21.9. The second-order valence-corrected chi connectivity index (χ2v) is 7.69. The molecule has 0 saturated carbocycles. The largest absolute Gasteiger partial charge is 0.573 e. The molecule has 1 fully saturated rings. The summed E-state index contributed by atoms with van der Waals surface area (Å²) in [7, 11) is 0. The maximum absolute atomic E-state index is 12.9. The van der Waals surface area contributed by atoms with Crippen molar-refractivity contribution < 1.29 is 22.7 Å². The van der Waals surface area contributed by atoms with Crippen LogP contribution in [-0.2, 0) is 11.3 Å². The average molecular weight is 444 g/mol. The zero-order chi connectivity index (χ0) is 22.9. The Morgan fingerprint density at radius 1 is 1.09 bits per heavy atom. The maximum atomic E-state index is 12.9. The predicted molar refractivity (Wildman–Crippen MR) is 112 cm³/mol. The van der Waals surface area contributed by atoms with Gasteiger partial charge in [-0.2, -0.15) is 5.10 Å². The van der Waals surface area contributed by atoms with E-state index in [1.165, 1.54) is 12.1 Å². The van der Waals surface area contributed by atoms with Gasteiger partial charge in [0.1, 0.15) is 11.8 Å². The van der Waals surface area contributed by atoms with Crippen molar-refractivity contribution in [1.29, 1.82) is 0 Å². The number of para-hydroxylation sites is 1. The van der Waals surface area contributed by atoms with E-state index in [0.29, 0.717) is 19.6 Å². The molecule has 6 nitrogen and oxygen atoms in total. The van der Waals surface area contributed by atoms with Crippen LogP contribution in [0.4, 0.5) is 13.2 Å². The number of nitrogens with zero attached hydrogens (tertiary/aromatic N) is 3. The predicted octanol–water partition coefficient (Wildman–Crippen LogP) is 4.06. The number of aryl methyl sites for hydroxylation is 1. The van der Waals surface area contributed by atoms with E-state index in [1.807, 2.05) is 53.8 Å². The Hall–Kier alpha value is -3.33. The zero-order valence-electron chi connectivity index (χ0n) is 17.7. The molecule has 0 spiro atoms. The Morgan fingerprint density at radius 3 is 2.44 bits per heavy atom. The van der Waals surface area contributed by atoms with Gasteiger partial charge in [0.05, 0.1) is 11.4 Å². The molecule has 4 rings (SSSR count). The highest BCUT2D eigenvalue weighted by Crippen LogP contribution is 2.32. The molecule has 0 aliphatic carbocycles. The molecule has 1 atom stereocenters. The molecule has 168 valence electrons. The number of hydrogen-bond acceptors (Lipinski definition) is 4. The summed E-state index contributed by atoms with van der Waals surface area (Å²) in [6.07, 6.45) is -4.73. The average Bonchev–Trinajstić information content (AvgIpc) is 3.03. The summed E-state index contributed by atoms with van der Waals surface area (Å²) in [5.41, 5.74) is 4.15. The van der Waals surface area contributed by atoms with Crippen molar-refractivity contribution in [3.8, 4) is 11.4 Å². The van der Waals surface area contributed by atoms with Crippen molar-refractivity contribution in [2.24, 2.45) is 0 Å². The highest BCUT2D eigenvalue weighted by atomic mass is 19.4. The number of alkyl halides is 3. The molecular weight excluding hydrogens is 421 g/mol. The third-order valence-electron chi connectivity index (χ3n) is 5.48. The van der Waals surface area contributed by atoms with Crippen molar-refractivity contribution in [3.05, 3.63) is 77.1 Å². The lowest BCUT2D eigenvalue weighted by molar-refractivity contribution is -0.274. The van der Waals surface area contributed by atoms with Crippen LogP contribution in [0.5, 0.6) is 5.75 Å². The second-order valence-electron chi connectivity index (χ2n) is 7.69. The van der Waals surface area contributed by atoms with Crippen LogP contribution < -0.4 is 10.1 Å². The van der Waals surface area contributed by atoms with Crippen molar-refractivity contribution in [3.63, 3.8) is 0 Å². The maximum Gasteiger partial charge on any atom is 0.573 e. The van der Waals surface area contributed by atoms with E-state index >= 15 is 0 Å². The molecule has 0 bridgehead atoms. The molecule has 9 heteroatoms. The number of benzene rings is 2. The first-order valence-electron chi connectivity index (χ1n) is 10.2. The van der Waals surface area contributed by atoms with Gasteiger partial charge in [0, 0.05) is 30.9 Å². The number of aromatic nitrogens is 2. The first-order chi connectivity index (χ1) is 15.2. The number of carbonyl (C=O) groups is 1. The molecular formula is C23H23F3N4O2. The normalized spacial score (nSPS) is 17.3. The van der Waals surface area contributed by atoms with E-state index in [1.54, 1.807) is 12.1 Å². The van der Waals surface area contributed by atoms with Gasteiger partial charge in [-0.15, -0.1) is 13.2 Å². The summed E-state index contributed by atoms with van der Waals surface area (Å²) in [5.74, 6) is -0.392. The lowest BCUT2D eigenvalue weighted by atomic mass is 9.99. The van der Waals surface area contributed by atoms with Crippen LogP contribution in [0.25, 0.3) is 5.69 Å². The first-order valence-corrected chi connectivity index (χ1v) is 10.2. The minimum absolute atomic E-state index is 0.118. The summed E-state index contributed by atoms with van der Waals surface area (Å²) >= 11 is 0. The lowest BCUT2D eigenvalue weighted by Gasteiger charge is -2.35. The fraction of sp³-hybridized carbons (Fsp3) is 0.304. The van der Waals surface area contributed by atoms with Crippen LogP contribution in [0.3, 0.4) is 0 Å². The van der Waals surface area contributed by atoms with Gasteiger partial charge in [-0.25, -0.2) is 4.68 Å². The van der Waals surface area contributed by atoms with Crippen LogP contribution in [0, 0.1) is 13.8 Å². The number of piperazine rings is 1. The van der Waals surface area contributed by atoms with Gasteiger partial charge >= 0.3 is 6.36 Å². The number of halogens is 3. The third-order valence-corrected chi connectivity index (χ3v) is 5.48. The van der Waals surface area contributed by atoms with Gasteiger partial charge in [-0.1, -0.05) is 30.3 Å². The fourth-order valence-corrected chi connectivity index (χ4v) is 4.10. The van der Waals surface area contributed by atoms with Crippen molar-refractivity contribution >= 4 is 5.91 Å². The summed E-state index contributed by atoms with van der Waals surface area (Å²) in [6, 6.07) is 14.9. The summed E-state index contributed by atoms with van der Waals surface area (Å²) in [5, 5.41) is 7.59. The molecule has 3 aromatic rings. The lowest BCUT2D eigenvalue weighted by Crippen LogP contribution is -2.49. The van der Waals surface area contributed by atoms with Gasteiger partial charge in [0.25, 0.3) is 0 Å². The number of rotatable bonds is 5. The van der Waals surface area contributed by atoms with Crippen LogP contribution in [-0.4, -0.2) is 40.0 Å². The Morgan fingerprint density at radius 2 is 1.78 bits per heavy atom. The van der Waals surface area contributed by atoms with Crippen LogP contribution in [0.2, 0.25) is 0 Å². The molecule has 1 saturated heterocycles. The summed E-state index contributed by atoms with van der Waals surface area (Å²) in [6.45, 7) is 5.32. The van der Waals surface area contributed by atoms with E-state index in [4.69, 9.17) is 0 Å². The molecule has 0 unspecified atom stereocenters. The Balaban J connectivity index is 1.62. The molecule has 1 aliphatic heterocycles. The molecule has 2 heterocycles. The molecule has 1 N–H and O–H groups in total. The van der Waals surface area contributed by atoms with Gasteiger partial charge in [-0.3, -0.25) is 9.69 Å². The highest BCUT2D eigenvalue weighted by molar-refractivity contribution is 5.84. The summed E-state index contributed by atoms with van der Waals surface area (Å²) < 4.78 is 43.0. The fourth-order valence-electron chi connectivity index (χ4n) is 4.10. The SMILES string of the molecule is Cc1nn(-c2ccccc2)c(C)c1[C@H]1C(=O)NCCN1Cc1ccc(OC(F)(F)F)cc1. The van der Waals surface area contributed by atoms with E-state index < -0.39 is 12.4 Å². The summed E-state index contributed by atoms with van der Waals surface area (Å²) in [4.78, 5) is 14.9. The zero-order valence-corrected chi connectivity index (χ0v) is 17.7. The number of carbonyl (C=O) groups excluding carboxylic acids is 1. The van der Waals surface area contributed by atoms with E-state index in [2.05, 4.69) is 15.2 Å². The standard InChI is InChI=1S/C23H23F3N4O2/c1-15-20(16(2)30(28-15)18-6-4-3-5-7-18)21-22(31)27-12-13-29(21)14-17-8-10-19(11-9-17)32-23(24,25)26/h3-11,21H,12-14H2,1-2H3,(H,27,31)/t21-/m0/s1. The van der Waals surface area contributed by atoms with Gasteiger partial charge in [-0.05, 0) is 43.7 Å². The van der Waals surface area contributed by atoms with E-state index in [-0.39, 0.29) is 11.7 Å². The second kappa shape index (κ2) is 8.66. The molecule has 1 aromatic heterocycles. The Labute approximate surface area is 183 Å². The van der Waals surface area contributed by atoms with Crippen molar-refractivity contribution in [2.45, 2.75) is 32.8 Å². The van der Waals surface area contributed by atoms with Crippen LogP contribution >= 0.6 is 0 Å². The molecule has 2 aromatic carbocycles. The van der Waals surface area contributed by atoms with Crippen molar-refractivity contribution in [2.75, 3.05) is 13.1 Å².